The van der Waals surface area contributed by atoms with Crippen LogP contribution in [0.5, 0.6) is 0 Å². The molecule has 0 amide bonds. The largest absolute Gasteiger partial charge is 0.481 e. The molecular formula is C16H26N4O2S. The van der Waals surface area contributed by atoms with Gasteiger partial charge in [0.05, 0.1) is 12.5 Å². The lowest BCUT2D eigenvalue weighted by Gasteiger charge is -2.41. The molecule has 3 heterocycles. The van der Waals surface area contributed by atoms with Crippen LogP contribution in [0.3, 0.4) is 0 Å². The van der Waals surface area contributed by atoms with E-state index in [0.717, 1.165) is 37.7 Å². The lowest BCUT2D eigenvalue weighted by atomic mass is 10.1. The first kappa shape index (κ1) is 16.8. The number of rotatable bonds is 4. The molecule has 1 N–H and O–H groups in total. The summed E-state index contributed by atoms with van der Waals surface area (Å²) in [5.74, 6) is -0.950. The standard InChI is InChI=1S/C16H26N4O2S/c1-12(2)20-8-13(16(21)22)7-19-5-4-18(9-14(19)10-20)11-15-17-3-6-23-15/h3,6,12-14H,4-5,7-11H2,1-2H3,(H,21,22)/t13-,14-/m0/s1. The zero-order valence-electron chi connectivity index (χ0n) is 13.9. The van der Waals surface area contributed by atoms with E-state index in [4.69, 9.17) is 0 Å². The van der Waals surface area contributed by atoms with E-state index in [1.165, 1.54) is 0 Å². The van der Waals surface area contributed by atoms with Crippen LogP contribution >= 0.6 is 11.3 Å². The van der Waals surface area contributed by atoms with Crippen molar-refractivity contribution in [2.75, 3.05) is 39.3 Å². The Hall–Kier alpha value is -1.02. The summed E-state index contributed by atoms with van der Waals surface area (Å²) in [6.45, 7) is 10.4. The summed E-state index contributed by atoms with van der Waals surface area (Å²) in [6.07, 6.45) is 1.86. The minimum atomic E-state index is -0.665. The fourth-order valence-corrected chi connectivity index (χ4v) is 4.24. The molecule has 0 aromatic carbocycles. The van der Waals surface area contributed by atoms with Gasteiger partial charge < -0.3 is 5.11 Å². The zero-order valence-corrected chi connectivity index (χ0v) is 14.7. The van der Waals surface area contributed by atoms with Crippen molar-refractivity contribution in [2.45, 2.75) is 32.5 Å². The van der Waals surface area contributed by atoms with Gasteiger partial charge in [-0.2, -0.15) is 0 Å². The Kier molecular flexibility index (Phi) is 5.31. The Labute approximate surface area is 141 Å². The number of piperazine rings is 1. The van der Waals surface area contributed by atoms with E-state index >= 15 is 0 Å². The maximum absolute atomic E-state index is 11.6. The summed E-state index contributed by atoms with van der Waals surface area (Å²) in [7, 11) is 0. The highest BCUT2D eigenvalue weighted by atomic mass is 32.1. The summed E-state index contributed by atoms with van der Waals surface area (Å²) in [5.41, 5.74) is 0. The SMILES string of the molecule is CC(C)N1C[C@@H](C(=O)O)CN2CCN(Cc3nccs3)C[C@H]2C1. The van der Waals surface area contributed by atoms with E-state index in [2.05, 4.69) is 33.5 Å². The summed E-state index contributed by atoms with van der Waals surface area (Å²) < 4.78 is 0. The number of aliphatic carboxylic acids is 1. The number of hydrogen-bond donors (Lipinski definition) is 1. The second-order valence-electron chi connectivity index (χ2n) is 6.89. The molecule has 7 heteroatoms. The molecule has 2 fully saturated rings. The highest BCUT2D eigenvalue weighted by molar-refractivity contribution is 7.09. The highest BCUT2D eigenvalue weighted by Gasteiger charge is 2.36. The number of carboxylic acid groups (broad SMARTS) is 1. The molecule has 0 aliphatic carbocycles. The first-order valence-corrected chi connectivity index (χ1v) is 9.22. The van der Waals surface area contributed by atoms with Crippen LogP contribution in [0, 0.1) is 5.92 Å². The van der Waals surface area contributed by atoms with Crippen molar-refractivity contribution in [3.05, 3.63) is 16.6 Å². The van der Waals surface area contributed by atoms with Crippen LogP contribution in [0.4, 0.5) is 0 Å². The number of aromatic nitrogens is 1. The third-order valence-electron chi connectivity index (χ3n) is 4.97. The second-order valence-corrected chi connectivity index (χ2v) is 7.87. The van der Waals surface area contributed by atoms with Crippen molar-refractivity contribution in [3.63, 3.8) is 0 Å². The Morgan fingerprint density at radius 3 is 2.83 bits per heavy atom. The first-order chi connectivity index (χ1) is 11.0. The van der Waals surface area contributed by atoms with Gasteiger partial charge in [0.25, 0.3) is 0 Å². The predicted octanol–water partition coefficient (Wildman–Crippen LogP) is 1.05. The monoisotopic (exact) mass is 338 g/mol. The Balaban J connectivity index is 1.68. The minimum Gasteiger partial charge on any atom is -0.481 e. The molecule has 6 nitrogen and oxygen atoms in total. The molecule has 2 aliphatic heterocycles. The molecule has 1 aromatic heterocycles. The van der Waals surface area contributed by atoms with E-state index in [-0.39, 0.29) is 5.92 Å². The molecule has 2 saturated heterocycles. The summed E-state index contributed by atoms with van der Waals surface area (Å²) in [5, 5.41) is 12.7. The molecule has 23 heavy (non-hydrogen) atoms. The van der Waals surface area contributed by atoms with Crippen LogP contribution in [-0.2, 0) is 11.3 Å². The van der Waals surface area contributed by atoms with Crippen molar-refractivity contribution >= 4 is 17.3 Å². The fourth-order valence-electron chi connectivity index (χ4n) is 3.58. The van der Waals surface area contributed by atoms with Gasteiger partial charge >= 0.3 is 5.97 Å². The molecule has 2 aliphatic rings. The quantitative estimate of drug-likeness (QED) is 0.886. The van der Waals surface area contributed by atoms with E-state index in [1.807, 2.05) is 11.6 Å². The maximum Gasteiger partial charge on any atom is 0.309 e. The second kappa shape index (κ2) is 7.25. The molecular weight excluding hydrogens is 312 g/mol. The lowest BCUT2D eigenvalue weighted by Crippen LogP contribution is -2.56. The molecule has 3 rings (SSSR count). The lowest BCUT2D eigenvalue weighted by molar-refractivity contribution is -0.142. The number of hydrogen-bond acceptors (Lipinski definition) is 6. The normalized spacial score (nSPS) is 27.8. The number of nitrogens with zero attached hydrogens (tertiary/aromatic N) is 4. The van der Waals surface area contributed by atoms with E-state index < -0.39 is 5.97 Å². The number of fused-ring (bicyclic) bond motifs is 1. The third-order valence-corrected chi connectivity index (χ3v) is 5.73. The van der Waals surface area contributed by atoms with Crippen molar-refractivity contribution < 1.29 is 9.90 Å². The maximum atomic E-state index is 11.6. The Morgan fingerprint density at radius 2 is 2.17 bits per heavy atom. The molecule has 0 bridgehead atoms. The van der Waals surface area contributed by atoms with E-state index in [1.54, 1.807) is 11.3 Å². The summed E-state index contributed by atoms with van der Waals surface area (Å²) in [6, 6.07) is 0.793. The van der Waals surface area contributed by atoms with Crippen LogP contribution in [-0.4, -0.2) is 82.1 Å². The molecule has 1 aromatic rings. The Morgan fingerprint density at radius 1 is 1.35 bits per heavy atom. The average molecular weight is 338 g/mol. The topological polar surface area (TPSA) is 59.9 Å². The molecule has 0 radical (unpaired) electrons. The average Bonchev–Trinajstić information content (AvgIpc) is 2.92. The van der Waals surface area contributed by atoms with Gasteiger partial charge in [0.1, 0.15) is 5.01 Å². The predicted molar refractivity (Wildman–Crippen MR) is 90.6 cm³/mol. The van der Waals surface area contributed by atoms with Gasteiger partial charge in [-0.3, -0.25) is 19.5 Å². The van der Waals surface area contributed by atoms with Gasteiger partial charge in [0, 0.05) is 62.9 Å². The number of carboxylic acids is 1. The van der Waals surface area contributed by atoms with Gasteiger partial charge in [0.15, 0.2) is 0 Å². The molecule has 0 unspecified atom stereocenters. The van der Waals surface area contributed by atoms with Gasteiger partial charge in [-0.15, -0.1) is 11.3 Å². The summed E-state index contributed by atoms with van der Waals surface area (Å²) in [4.78, 5) is 23.1. The number of carbonyl (C=O) groups is 1. The molecule has 2 atom stereocenters. The molecule has 0 spiro atoms. The van der Waals surface area contributed by atoms with E-state index in [9.17, 15) is 9.90 Å². The van der Waals surface area contributed by atoms with Gasteiger partial charge in [0.2, 0.25) is 0 Å². The highest BCUT2D eigenvalue weighted by Crippen LogP contribution is 2.21. The van der Waals surface area contributed by atoms with Gasteiger partial charge in [-0.1, -0.05) is 0 Å². The van der Waals surface area contributed by atoms with Crippen LogP contribution in [0.2, 0.25) is 0 Å². The van der Waals surface area contributed by atoms with Crippen molar-refractivity contribution in [1.29, 1.82) is 0 Å². The van der Waals surface area contributed by atoms with Crippen LogP contribution in [0.25, 0.3) is 0 Å². The van der Waals surface area contributed by atoms with Gasteiger partial charge in [-0.05, 0) is 13.8 Å². The molecule has 128 valence electrons. The number of thiazole rings is 1. The van der Waals surface area contributed by atoms with Crippen LogP contribution < -0.4 is 0 Å². The fraction of sp³-hybridized carbons (Fsp3) is 0.750. The first-order valence-electron chi connectivity index (χ1n) is 8.34. The summed E-state index contributed by atoms with van der Waals surface area (Å²) >= 11 is 1.71. The zero-order chi connectivity index (χ0) is 16.4. The van der Waals surface area contributed by atoms with Gasteiger partial charge in [-0.25, -0.2) is 4.98 Å². The smallest absolute Gasteiger partial charge is 0.309 e. The van der Waals surface area contributed by atoms with Crippen molar-refractivity contribution in [2.24, 2.45) is 5.92 Å². The van der Waals surface area contributed by atoms with Crippen LogP contribution in [0.1, 0.15) is 18.9 Å². The Bertz CT molecular complexity index is 522. The van der Waals surface area contributed by atoms with Crippen LogP contribution in [0.15, 0.2) is 11.6 Å². The third kappa shape index (κ3) is 4.09. The van der Waals surface area contributed by atoms with E-state index in [0.29, 0.717) is 25.2 Å². The molecule has 0 saturated carbocycles. The van der Waals surface area contributed by atoms with Crippen molar-refractivity contribution in [3.8, 4) is 0 Å². The minimum absolute atomic E-state index is 0.284. The van der Waals surface area contributed by atoms with Crippen molar-refractivity contribution in [1.82, 2.24) is 19.7 Å².